The molecular formula is C27H27F3N4O6S. The summed E-state index contributed by atoms with van der Waals surface area (Å²) in [7, 11) is 1.77. The molecule has 1 aromatic heterocycles. The summed E-state index contributed by atoms with van der Waals surface area (Å²) in [6, 6.07) is 11.3. The molecule has 1 heterocycles. The molecule has 3 N–H and O–H groups in total. The SMILES string of the molecule is CSCCC(N)(C(=O)OOC(=O)C(F)(F)F)C(=O)c1ccc(NC(=O)Cc2cn(C)cn2)cc1-c1ccccc1C. The summed E-state index contributed by atoms with van der Waals surface area (Å²) in [5.41, 5.74) is 6.11. The van der Waals surface area contributed by atoms with Crippen molar-refractivity contribution in [2.75, 3.05) is 17.3 Å². The second-order valence-electron chi connectivity index (χ2n) is 9.11. The molecule has 10 nitrogen and oxygen atoms in total. The fourth-order valence-corrected chi connectivity index (χ4v) is 4.38. The topological polar surface area (TPSA) is 143 Å². The number of aryl methyl sites for hydroxylation is 2. The van der Waals surface area contributed by atoms with Crippen LogP contribution in [-0.4, -0.2) is 56.9 Å². The molecule has 0 aliphatic heterocycles. The number of nitrogens with one attached hydrogen (secondary N) is 1. The van der Waals surface area contributed by atoms with E-state index in [2.05, 4.69) is 20.1 Å². The first-order chi connectivity index (χ1) is 19.3. The number of thioether (sulfide) groups is 1. The van der Waals surface area contributed by atoms with Crippen LogP contribution in [-0.2, 0) is 37.6 Å². The Hall–Kier alpha value is -4.17. The second kappa shape index (κ2) is 13.0. The van der Waals surface area contributed by atoms with E-state index in [9.17, 15) is 32.3 Å². The molecule has 0 radical (unpaired) electrons. The fraction of sp³-hybridized carbons (Fsp3) is 0.296. The van der Waals surface area contributed by atoms with E-state index in [0.29, 0.717) is 22.5 Å². The number of halogens is 3. The standard InChI is InChI=1S/C27H27F3N4O6S/c1-16-6-4-5-7-19(16)21-12-17(33-22(35)13-18-14-34(2)15-32-18)8-9-20(21)23(36)26(31,10-11-41-3)24(37)39-40-25(38)27(28,29)30/h4-9,12,14-15H,10-11,13,31H2,1-3H3,(H,33,35). The molecule has 0 bridgehead atoms. The number of nitrogens with zero attached hydrogens (tertiary/aromatic N) is 2. The number of benzene rings is 2. The van der Waals surface area contributed by atoms with Gasteiger partial charge in [0.15, 0.2) is 11.3 Å². The molecule has 41 heavy (non-hydrogen) atoms. The molecule has 1 amide bonds. The van der Waals surface area contributed by atoms with Gasteiger partial charge >= 0.3 is 18.1 Å². The molecule has 0 aliphatic carbocycles. The minimum Gasteiger partial charge on any atom is -0.340 e. The Labute approximate surface area is 237 Å². The summed E-state index contributed by atoms with van der Waals surface area (Å²) >= 11 is 1.22. The monoisotopic (exact) mass is 592 g/mol. The maximum atomic E-state index is 13.8. The van der Waals surface area contributed by atoms with E-state index >= 15 is 0 Å². The summed E-state index contributed by atoms with van der Waals surface area (Å²) in [5.74, 6) is -5.66. The summed E-state index contributed by atoms with van der Waals surface area (Å²) < 4.78 is 39.3. The first kappa shape index (κ1) is 31.4. The van der Waals surface area contributed by atoms with Crippen LogP contribution in [0.3, 0.4) is 0 Å². The number of hydrogen-bond acceptors (Lipinski definition) is 9. The van der Waals surface area contributed by atoms with Gasteiger partial charge in [0.1, 0.15) is 0 Å². The van der Waals surface area contributed by atoms with Crippen molar-refractivity contribution >= 4 is 41.1 Å². The molecule has 218 valence electrons. The van der Waals surface area contributed by atoms with E-state index in [0.717, 1.165) is 5.56 Å². The van der Waals surface area contributed by atoms with Crippen LogP contribution in [0.15, 0.2) is 55.0 Å². The molecule has 14 heteroatoms. The molecule has 0 aliphatic rings. The molecule has 1 unspecified atom stereocenters. The van der Waals surface area contributed by atoms with Crippen LogP contribution in [0.4, 0.5) is 18.9 Å². The van der Waals surface area contributed by atoms with Crippen LogP contribution in [0.5, 0.6) is 0 Å². The Morgan fingerprint density at radius 1 is 1.05 bits per heavy atom. The third-order valence-corrected chi connectivity index (χ3v) is 6.59. The number of amides is 1. The van der Waals surface area contributed by atoms with Gasteiger partial charge in [-0.1, -0.05) is 24.3 Å². The zero-order valence-corrected chi connectivity index (χ0v) is 23.1. The smallest absolute Gasteiger partial charge is 0.340 e. The Morgan fingerprint density at radius 3 is 2.34 bits per heavy atom. The molecule has 3 aromatic rings. The van der Waals surface area contributed by atoms with Crippen LogP contribution in [0.1, 0.15) is 28.0 Å². The Morgan fingerprint density at radius 2 is 1.73 bits per heavy atom. The number of anilines is 1. The van der Waals surface area contributed by atoms with E-state index < -0.39 is 29.4 Å². The fourth-order valence-electron chi connectivity index (χ4n) is 3.85. The molecular weight excluding hydrogens is 565 g/mol. The maximum Gasteiger partial charge on any atom is 0.495 e. The number of rotatable bonds is 10. The summed E-state index contributed by atoms with van der Waals surface area (Å²) in [6.07, 6.45) is -0.864. The highest BCUT2D eigenvalue weighted by atomic mass is 32.2. The average Bonchev–Trinajstić information content (AvgIpc) is 3.33. The third kappa shape index (κ3) is 7.73. The summed E-state index contributed by atoms with van der Waals surface area (Å²) in [4.78, 5) is 62.3. The van der Waals surface area contributed by atoms with Gasteiger partial charge in [0, 0.05) is 24.5 Å². The number of carbonyl (C=O) groups excluding carboxylic acids is 4. The minimum atomic E-state index is -5.43. The lowest BCUT2D eigenvalue weighted by molar-refractivity contribution is -0.287. The van der Waals surface area contributed by atoms with E-state index in [4.69, 9.17) is 5.73 Å². The Kier molecular flexibility index (Phi) is 9.94. The van der Waals surface area contributed by atoms with Gasteiger partial charge in [0.05, 0.1) is 18.4 Å². The zero-order valence-electron chi connectivity index (χ0n) is 22.3. The Bertz CT molecular complexity index is 1460. The zero-order chi connectivity index (χ0) is 30.4. The number of Topliss-reactive ketones (excluding diaryl/α,β-unsaturated/α-hetero) is 1. The van der Waals surface area contributed by atoms with Crippen molar-refractivity contribution in [1.29, 1.82) is 0 Å². The lowest BCUT2D eigenvalue weighted by Crippen LogP contribution is -2.56. The van der Waals surface area contributed by atoms with Crippen molar-refractivity contribution in [1.82, 2.24) is 9.55 Å². The van der Waals surface area contributed by atoms with Crippen molar-refractivity contribution in [2.45, 2.75) is 31.5 Å². The first-order valence-corrected chi connectivity index (χ1v) is 13.4. The van der Waals surface area contributed by atoms with Crippen molar-refractivity contribution in [3.63, 3.8) is 0 Å². The highest BCUT2D eigenvalue weighted by Crippen LogP contribution is 2.33. The predicted molar refractivity (Wildman–Crippen MR) is 145 cm³/mol. The van der Waals surface area contributed by atoms with Crippen LogP contribution in [0.25, 0.3) is 11.1 Å². The van der Waals surface area contributed by atoms with E-state index in [1.54, 1.807) is 61.6 Å². The average molecular weight is 593 g/mol. The van der Waals surface area contributed by atoms with Crippen molar-refractivity contribution < 1.29 is 42.1 Å². The number of alkyl halides is 3. The molecule has 0 saturated carbocycles. The summed E-state index contributed by atoms with van der Waals surface area (Å²) in [6.45, 7) is 1.78. The van der Waals surface area contributed by atoms with Gasteiger partial charge in [-0.15, -0.1) is 0 Å². The highest BCUT2D eigenvalue weighted by molar-refractivity contribution is 7.98. The van der Waals surface area contributed by atoms with Crippen molar-refractivity contribution in [3.8, 4) is 11.1 Å². The van der Waals surface area contributed by atoms with Gasteiger partial charge in [-0.25, -0.2) is 24.3 Å². The third-order valence-electron chi connectivity index (χ3n) is 5.98. The number of imidazole rings is 1. The van der Waals surface area contributed by atoms with E-state index in [1.807, 2.05) is 0 Å². The molecule has 3 rings (SSSR count). The molecule has 1 atom stereocenters. The number of hydrogen-bond donors (Lipinski definition) is 2. The summed E-state index contributed by atoms with van der Waals surface area (Å²) in [5, 5.41) is 2.75. The predicted octanol–water partition coefficient (Wildman–Crippen LogP) is 3.77. The van der Waals surface area contributed by atoms with Crippen LogP contribution in [0, 0.1) is 6.92 Å². The molecule has 0 spiro atoms. The lowest BCUT2D eigenvalue weighted by atomic mass is 9.83. The molecule has 2 aromatic carbocycles. The number of aromatic nitrogens is 2. The second-order valence-corrected chi connectivity index (χ2v) is 10.1. The van der Waals surface area contributed by atoms with Gasteiger partial charge in [0.2, 0.25) is 5.91 Å². The van der Waals surface area contributed by atoms with Crippen molar-refractivity contribution in [2.24, 2.45) is 12.8 Å². The van der Waals surface area contributed by atoms with E-state index in [1.165, 1.54) is 30.0 Å². The lowest BCUT2D eigenvalue weighted by Gasteiger charge is -2.26. The number of ketones is 1. The highest BCUT2D eigenvalue weighted by Gasteiger charge is 2.48. The normalized spacial score (nSPS) is 12.8. The van der Waals surface area contributed by atoms with Crippen LogP contribution < -0.4 is 11.1 Å². The minimum absolute atomic E-state index is 0.00962. The maximum absolute atomic E-state index is 13.8. The quantitative estimate of drug-likeness (QED) is 0.156. The van der Waals surface area contributed by atoms with Gasteiger partial charge in [-0.3, -0.25) is 9.59 Å². The van der Waals surface area contributed by atoms with Gasteiger partial charge in [-0.05, 0) is 60.2 Å². The largest absolute Gasteiger partial charge is 0.495 e. The molecule has 0 saturated heterocycles. The van der Waals surface area contributed by atoms with Crippen LogP contribution in [0.2, 0.25) is 0 Å². The van der Waals surface area contributed by atoms with E-state index in [-0.39, 0.29) is 30.1 Å². The molecule has 0 fully saturated rings. The Balaban J connectivity index is 2.00. The number of carbonyl (C=O) groups is 4. The van der Waals surface area contributed by atoms with Crippen LogP contribution >= 0.6 is 11.8 Å². The van der Waals surface area contributed by atoms with Gasteiger partial charge in [-0.2, -0.15) is 24.9 Å². The van der Waals surface area contributed by atoms with Gasteiger partial charge < -0.3 is 15.6 Å². The van der Waals surface area contributed by atoms with Crippen molar-refractivity contribution in [3.05, 3.63) is 71.8 Å². The van der Waals surface area contributed by atoms with Gasteiger partial charge in [0.25, 0.3) is 0 Å². The first-order valence-electron chi connectivity index (χ1n) is 12.1. The number of nitrogens with two attached hydrogens (primary N) is 1.